The van der Waals surface area contributed by atoms with Crippen molar-refractivity contribution >= 4 is 10.0 Å². The molecule has 0 bridgehead atoms. The second kappa shape index (κ2) is 8.94. The molecule has 12 heteroatoms. The first-order valence-electron chi connectivity index (χ1n) is 8.52. The normalized spacial score (nSPS) is 11.4. The van der Waals surface area contributed by atoms with E-state index in [0.29, 0.717) is 23.7 Å². The molecule has 3 aromatic rings. The number of pyridine rings is 1. The molecular formula is C17H20N6O5S. The highest BCUT2D eigenvalue weighted by Crippen LogP contribution is 2.28. The molecule has 0 atom stereocenters. The lowest BCUT2D eigenvalue weighted by Gasteiger charge is -2.10. The molecule has 1 aromatic carbocycles. The number of ether oxygens (including phenoxy) is 2. The molecule has 0 aliphatic rings. The fourth-order valence-electron chi connectivity index (χ4n) is 2.48. The molecule has 0 amide bonds. The van der Waals surface area contributed by atoms with Crippen LogP contribution in [0.5, 0.6) is 11.5 Å². The number of hydrogen-bond acceptors (Lipinski definition) is 9. The molecule has 0 aliphatic carbocycles. The average molecular weight is 420 g/mol. The summed E-state index contributed by atoms with van der Waals surface area (Å²) < 4.78 is 37.2. The zero-order chi connectivity index (χ0) is 20.9. The number of aliphatic hydroxyl groups is 1. The van der Waals surface area contributed by atoms with Crippen molar-refractivity contribution in [2.45, 2.75) is 11.4 Å². The summed E-state index contributed by atoms with van der Waals surface area (Å²) in [5.41, 5.74) is 1.26. The van der Waals surface area contributed by atoms with Crippen LogP contribution < -0.4 is 14.2 Å². The molecule has 154 valence electrons. The number of aliphatic hydroxyl groups excluding tert-OH is 1. The van der Waals surface area contributed by atoms with Crippen molar-refractivity contribution in [3.05, 3.63) is 42.2 Å². The van der Waals surface area contributed by atoms with E-state index in [9.17, 15) is 8.42 Å². The highest BCUT2D eigenvalue weighted by molar-refractivity contribution is 7.89. The molecular weight excluding hydrogens is 400 g/mol. The first-order chi connectivity index (χ1) is 14.0. The molecule has 0 saturated carbocycles. The average Bonchev–Trinajstić information content (AvgIpc) is 3.21. The highest BCUT2D eigenvalue weighted by Gasteiger charge is 2.20. The third-order valence-electron chi connectivity index (χ3n) is 3.90. The minimum atomic E-state index is -3.82. The lowest BCUT2D eigenvalue weighted by atomic mass is 10.2. The third kappa shape index (κ3) is 4.85. The number of benzene rings is 1. The Kier molecular flexibility index (Phi) is 6.36. The van der Waals surface area contributed by atoms with Crippen LogP contribution in [0.3, 0.4) is 0 Å². The van der Waals surface area contributed by atoms with Crippen LogP contribution in [0.2, 0.25) is 0 Å². The number of hydrogen-bond donors (Lipinski definition) is 2. The van der Waals surface area contributed by atoms with Gasteiger partial charge in [0, 0.05) is 12.1 Å². The van der Waals surface area contributed by atoms with E-state index < -0.39 is 10.0 Å². The van der Waals surface area contributed by atoms with Gasteiger partial charge in [0.1, 0.15) is 22.9 Å². The maximum atomic E-state index is 12.3. The van der Waals surface area contributed by atoms with Gasteiger partial charge >= 0.3 is 0 Å². The monoisotopic (exact) mass is 420 g/mol. The molecule has 0 fully saturated rings. The largest absolute Gasteiger partial charge is 0.495 e. The van der Waals surface area contributed by atoms with Gasteiger partial charge in [0.2, 0.25) is 15.8 Å². The molecule has 2 N–H and O–H groups in total. The van der Waals surface area contributed by atoms with Gasteiger partial charge in [-0.3, -0.25) is 4.98 Å². The van der Waals surface area contributed by atoms with E-state index in [1.807, 2.05) is 0 Å². The minimum absolute atomic E-state index is 0.0491. The van der Waals surface area contributed by atoms with Gasteiger partial charge in [0.25, 0.3) is 0 Å². The summed E-state index contributed by atoms with van der Waals surface area (Å²) in [6, 6.07) is 8.04. The van der Waals surface area contributed by atoms with Crippen molar-refractivity contribution in [3.8, 4) is 22.9 Å². The Morgan fingerprint density at radius 2 is 2.00 bits per heavy atom. The number of rotatable bonds is 9. The van der Waals surface area contributed by atoms with E-state index in [1.165, 1.54) is 24.0 Å². The number of nitrogens with zero attached hydrogens (tertiary/aromatic N) is 5. The standard InChI is InChI=1S/C17H20N6O5S/c1-27-14-5-4-13(18-10-14)11-23-21-17(20-22-23)12-3-6-16(15(9-12)28-2)29(25,26)19-7-8-24/h3-6,9-10,19,24H,7-8,11H2,1-2H3. The predicted molar refractivity (Wildman–Crippen MR) is 102 cm³/mol. The van der Waals surface area contributed by atoms with Gasteiger partial charge in [-0.15, -0.1) is 10.2 Å². The van der Waals surface area contributed by atoms with Crippen molar-refractivity contribution in [1.29, 1.82) is 0 Å². The molecule has 2 aromatic heterocycles. The fourth-order valence-corrected chi connectivity index (χ4v) is 3.65. The first-order valence-corrected chi connectivity index (χ1v) is 10.0. The van der Waals surface area contributed by atoms with Gasteiger partial charge in [0.05, 0.1) is 32.7 Å². The molecule has 3 rings (SSSR count). The van der Waals surface area contributed by atoms with E-state index in [-0.39, 0.29) is 23.8 Å². The lowest BCUT2D eigenvalue weighted by Crippen LogP contribution is -2.27. The molecule has 0 saturated heterocycles. The van der Waals surface area contributed by atoms with E-state index in [0.717, 1.165) is 5.69 Å². The number of aromatic nitrogens is 5. The maximum Gasteiger partial charge on any atom is 0.244 e. The van der Waals surface area contributed by atoms with Gasteiger partial charge in [-0.25, -0.2) is 13.1 Å². The topological polar surface area (TPSA) is 141 Å². The van der Waals surface area contributed by atoms with Crippen molar-refractivity contribution in [1.82, 2.24) is 29.9 Å². The summed E-state index contributed by atoms with van der Waals surface area (Å²) in [5.74, 6) is 1.08. The predicted octanol–water partition coefficient (Wildman–Crippen LogP) is 0.0712. The lowest BCUT2D eigenvalue weighted by molar-refractivity contribution is 0.301. The third-order valence-corrected chi connectivity index (χ3v) is 5.41. The van der Waals surface area contributed by atoms with Gasteiger partial charge in [0.15, 0.2) is 0 Å². The summed E-state index contributed by atoms with van der Waals surface area (Å²) in [6.07, 6.45) is 1.60. The Labute approximate surface area is 167 Å². The van der Waals surface area contributed by atoms with Crippen LogP contribution >= 0.6 is 0 Å². The van der Waals surface area contributed by atoms with E-state index >= 15 is 0 Å². The second-order valence-corrected chi connectivity index (χ2v) is 7.56. The minimum Gasteiger partial charge on any atom is -0.495 e. The summed E-state index contributed by atoms with van der Waals surface area (Å²) >= 11 is 0. The molecule has 0 unspecified atom stereocenters. The highest BCUT2D eigenvalue weighted by atomic mass is 32.2. The molecule has 11 nitrogen and oxygen atoms in total. The zero-order valence-electron chi connectivity index (χ0n) is 15.8. The molecule has 0 spiro atoms. The van der Waals surface area contributed by atoms with Gasteiger partial charge in [-0.2, -0.15) is 4.80 Å². The Bertz CT molecular complexity index is 1070. The van der Waals surface area contributed by atoms with Crippen LogP contribution in [-0.2, 0) is 16.6 Å². The SMILES string of the molecule is COc1ccc(Cn2nnc(-c3ccc(S(=O)(=O)NCCO)c(OC)c3)n2)nc1. The fraction of sp³-hybridized carbons (Fsp3) is 0.294. The summed E-state index contributed by atoms with van der Waals surface area (Å²) in [5, 5.41) is 21.2. The molecule has 2 heterocycles. The van der Waals surface area contributed by atoms with Gasteiger partial charge in [-0.05, 0) is 35.5 Å². The number of tetrazole rings is 1. The smallest absolute Gasteiger partial charge is 0.244 e. The number of methoxy groups -OCH3 is 2. The van der Waals surface area contributed by atoms with E-state index in [2.05, 4.69) is 25.1 Å². The molecule has 29 heavy (non-hydrogen) atoms. The summed E-state index contributed by atoms with van der Waals surface area (Å²) in [7, 11) is -0.891. The van der Waals surface area contributed by atoms with Gasteiger partial charge < -0.3 is 14.6 Å². The van der Waals surface area contributed by atoms with Crippen molar-refractivity contribution in [2.24, 2.45) is 0 Å². The number of nitrogens with one attached hydrogen (secondary N) is 1. The van der Waals surface area contributed by atoms with Crippen LogP contribution in [0.4, 0.5) is 0 Å². The van der Waals surface area contributed by atoms with E-state index in [1.54, 1.807) is 31.5 Å². The summed E-state index contributed by atoms with van der Waals surface area (Å²) in [6.45, 7) is -0.0934. The van der Waals surface area contributed by atoms with Crippen LogP contribution in [0.15, 0.2) is 41.4 Å². The van der Waals surface area contributed by atoms with Crippen molar-refractivity contribution in [3.63, 3.8) is 0 Å². The van der Waals surface area contributed by atoms with Crippen molar-refractivity contribution < 1.29 is 23.0 Å². The zero-order valence-corrected chi connectivity index (χ0v) is 16.6. The van der Waals surface area contributed by atoms with Crippen LogP contribution in [-0.4, -0.2) is 66.1 Å². The van der Waals surface area contributed by atoms with Crippen LogP contribution in [0.1, 0.15) is 5.69 Å². The Balaban J connectivity index is 1.82. The van der Waals surface area contributed by atoms with Gasteiger partial charge in [-0.1, -0.05) is 0 Å². The Hall–Kier alpha value is -3.09. The summed E-state index contributed by atoms with van der Waals surface area (Å²) in [4.78, 5) is 5.58. The van der Waals surface area contributed by atoms with Crippen LogP contribution in [0.25, 0.3) is 11.4 Å². The Morgan fingerprint density at radius 3 is 2.66 bits per heavy atom. The van der Waals surface area contributed by atoms with E-state index in [4.69, 9.17) is 14.6 Å². The molecule has 0 aliphatic heterocycles. The Morgan fingerprint density at radius 1 is 1.17 bits per heavy atom. The molecule has 0 radical (unpaired) electrons. The van der Waals surface area contributed by atoms with Crippen LogP contribution in [0, 0.1) is 0 Å². The maximum absolute atomic E-state index is 12.3. The quantitative estimate of drug-likeness (QED) is 0.492. The second-order valence-electron chi connectivity index (χ2n) is 5.82. The number of sulfonamides is 1. The van der Waals surface area contributed by atoms with Crippen molar-refractivity contribution in [2.75, 3.05) is 27.4 Å². The first kappa shape index (κ1) is 20.6.